The number of thiocarbonyl (C=S) groups is 1. The van der Waals surface area contributed by atoms with E-state index >= 15 is 0 Å². The van der Waals surface area contributed by atoms with Gasteiger partial charge in [0.05, 0.1) is 10.8 Å². The molecule has 0 atom stereocenters. The minimum Gasteiger partial charge on any atom is -0.194 e. The summed E-state index contributed by atoms with van der Waals surface area (Å²) in [6, 6.07) is 5.86. The van der Waals surface area contributed by atoms with Gasteiger partial charge in [-0.2, -0.15) is 4.99 Å². The first kappa shape index (κ1) is 8.60. The average Bonchev–Trinajstić information content (AvgIpc) is 1.98. The smallest absolute Gasteiger partial charge is 0.0779 e. The van der Waals surface area contributed by atoms with Crippen molar-refractivity contribution in [1.29, 1.82) is 0 Å². The second-order valence-electron chi connectivity index (χ2n) is 2.13. The fourth-order valence-corrected chi connectivity index (χ4v) is 1.20. The topological polar surface area (TPSA) is 12.4 Å². The molecule has 1 aromatic carbocycles. The molecule has 0 saturated carbocycles. The summed E-state index contributed by atoms with van der Waals surface area (Å²) >= 11 is 7.85. The standard InChI is InChI=1S/C8H6BrNS/c1-6-2-3-7(9)4-8(6)10-5-11/h2-4H,1H3. The van der Waals surface area contributed by atoms with Crippen molar-refractivity contribution in [1.82, 2.24) is 0 Å². The molecule has 11 heavy (non-hydrogen) atoms. The molecule has 0 radical (unpaired) electrons. The molecule has 1 aromatic rings. The summed E-state index contributed by atoms with van der Waals surface area (Å²) in [5, 5.41) is 2.34. The van der Waals surface area contributed by atoms with Crippen LogP contribution in [-0.2, 0) is 0 Å². The van der Waals surface area contributed by atoms with Crippen LogP contribution in [0.15, 0.2) is 27.7 Å². The van der Waals surface area contributed by atoms with E-state index in [0.29, 0.717) is 0 Å². The van der Waals surface area contributed by atoms with E-state index in [2.05, 4.69) is 38.3 Å². The zero-order valence-electron chi connectivity index (χ0n) is 5.97. The van der Waals surface area contributed by atoms with Gasteiger partial charge in [0.25, 0.3) is 0 Å². The summed E-state index contributed by atoms with van der Waals surface area (Å²) in [7, 11) is 0. The quantitative estimate of drug-likeness (QED) is 0.529. The van der Waals surface area contributed by atoms with Gasteiger partial charge in [-0.25, -0.2) is 0 Å². The third-order valence-electron chi connectivity index (χ3n) is 1.34. The first-order chi connectivity index (χ1) is 5.24. The maximum absolute atomic E-state index is 4.50. The highest BCUT2D eigenvalue weighted by Crippen LogP contribution is 2.22. The van der Waals surface area contributed by atoms with Gasteiger partial charge >= 0.3 is 0 Å². The number of isothiocyanates is 1. The molecule has 0 saturated heterocycles. The van der Waals surface area contributed by atoms with Crippen LogP contribution in [0.3, 0.4) is 0 Å². The van der Waals surface area contributed by atoms with Crippen molar-refractivity contribution >= 4 is 39.0 Å². The molecule has 0 aromatic heterocycles. The minimum atomic E-state index is 0.870. The maximum Gasteiger partial charge on any atom is 0.0779 e. The second-order valence-corrected chi connectivity index (χ2v) is 3.23. The minimum absolute atomic E-state index is 0.870. The van der Waals surface area contributed by atoms with E-state index in [9.17, 15) is 0 Å². The van der Waals surface area contributed by atoms with Crippen molar-refractivity contribution in [3.05, 3.63) is 28.2 Å². The van der Waals surface area contributed by atoms with Crippen LogP contribution < -0.4 is 0 Å². The van der Waals surface area contributed by atoms with E-state index in [0.717, 1.165) is 15.7 Å². The van der Waals surface area contributed by atoms with Gasteiger partial charge in [-0.3, -0.25) is 0 Å². The van der Waals surface area contributed by atoms with Gasteiger partial charge in [0, 0.05) is 4.47 Å². The Morgan fingerprint density at radius 2 is 2.27 bits per heavy atom. The number of halogens is 1. The Morgan fingerprint density at radius 1 is 1.55 bits per heavy atom. The molecule has 0 amide bonds. The molecule has 0 N–H and O–H groups in total. The molecule has 0 bridgehead atoms. The van der Waals surface area contributed by atoms with Crippen molar-refractivity contribution in [3.63, 3.8) is 0 Å². The number of nitrogens with zero attached hydrogens (tertiary/aromatic N) is 1. The largest absolute Gasteiger partial charge is 0.194 e. The van der Waals surface area contributed by atoms with Crippen LogP contribution in [0.2, 0.25) is 0 Å². The Labute approximate surface area is 79.3 Å². The third kappa shape index (κ3) is 2.22. The molecular weight excluding hydrogens is 222 g/mol. The fraction of sp³-hybridized carbons (Fsp3) is 0.125. The lowest BCUT2D eigenvalue weighted by Crippen LogP contribution is -1.72. The predicted molar refractivity (Wildman–Crippen MR) is 53.6 cm³/mol. The summed E-state index contributed by atoms with van der Waals surface area (Å²) in [5.74, 6) is 0. The maximum atomic E-state index is 4.50. The van der Waals surface area contributed by atoms with Crippen LogP contribution in [0.1, 0.15) is 5.56 Å². The highest BCUT2D eigenvalue weighted by molar-refractivity contribution is 9.10. The monoisotopic (exact) mass is 227 g/mol. The second kappa shape index (κ2) is 3.77. The van der Waals surface area contributed by atoms with Crippen molar-refractivity contribution in [3.8, 4) is 0 Å². The summed E-state index contributed by atoms with van der Waals surface area (Å²) < 4.78 is 1.01. The average molecular weight is 228 g/mol. The van der Waals surface area contributed by atoms with Gasteiger partial charge in [0.15, 0.2) is 0 Å². The van der Waals surface area contributed by atoms with Crippen LogP contribution in [0, 0.1) is 6.92 Å². The van der Waals surface area contributed by atoms with E-state index in [1.54, 1.807) is 0 Å². The van der Waals surface area contributed by atoms with Gasteiger partial charge in [-0.15, -0.1) is 0 Å². The Morgan fingerprint density at radius 3 is 2.91 bits per heavy atom. The van der Waals surface area contributed by atoms with Gasteiger partial charge in [0.1, 0.15) is 0 Å². The molecule has 0 fully saturated rings. The Hall–Kier alpha value is -0.500. The molecule has 3 heteroatoms. The molecule has 1 rings (SSSR count). The van der Waals surface area contributed by atoms with Crippen molar-refractivity contribution in [2.24, 2.45) is 4.99 Å². The van der Waals surface area contributed by atoms with E-state index in [1.807, 2.05) is 25.1 Å². The van der Waals surface area contributed by atoms with Crippen LogP contribution >= 0.6 is 28.1 Å². The molecule has 0 aliphatic rings. The van der Waals surface area contributed by atoms with Crippen LogP contribution in [-0.4, -0.2) is 5.16 Å². The van der Waals surface area contributed by atoms with Crippen molar-refractivity contribution in [2.75, 3.05) is 0 Å². The molecule has 1 nitrogen and oxygen atoms in total. The highest BCUT2D eigenvalue weighted by atomic mass is 79.9. The number of hydrogen-bond acceptors (Lipinski definition) is 2. The SMILES string of the molecule is Cc1ccc(Br)cc1N=C=S. The lowest BCUT2D eigenvalue weighted by molar-refractivity contribution is 1.40. The summed E-state index contributed by atoms with van der Waals surface area (Å²) in [6.07, 6.45) is 0. The Kier molecular flexibility index (Phi) is 2.94. The predicted octanol–water partition coefficient (Wildman–Crippen LogP) is 3.49. The van der Waals surface area contributed by atoms with Crippen LogP contribution in [0.5, 0.6) is 0 Å². The molecule has 0 heterocycles. The molecule has 0 spiro atoms. The number of hydrogen-bond donors (Lipinski definition) is 0. The van der Waals surface area contributed by atoms with E-state index in [1.165, 1.54) is 0 Å². The molecular formula is C8H6BrNS. The van der Waals surface area contributed by atoms with Gasteiger partial charge in [0.2, 0.25) is 0 Å². The first-order valence-corrected chi connectivity index (χ1v) is 4.28. The number of aliphatic imine (C=N–C) groups is 1. The Bertz CT molecular complexity index is 316. The van der Waals surface area contributed by atoms with Gasteiger partial charge in [-0.1, -0.05) is 22.0 Å². The van der Waals surface area contributed by atoms with E-state index in [-0.39, 0.29) is 0 Å². The van der Waals surface area contributed by atoms with Gasteiger partial charge in [-0.05, 0) is 36.8 Å². The highest BCUT2D eigenvalue weighted by Gasteiger charge is 1.94. The summed E-state index contributed by atoms with van der Waals surface area (Å²) in [5.41, 5.74) is 1.97. The van der Waals surface area contributed by atoms with Crippen molar-refractivity contribution < 1.29 is 0 Å². The van der Waals surface area contributed by atoms with Crippen molar-refractivity contribution in [2.45, 2.75) is 6.92 Å². The summed E-state index contributed by atoms with van der Waals surface area (Å²) in [6.45, 7) is 1.98. The molecule has 0 aliphatic carbocycles. The third-order valence-corrected chi connectivity index (χ3v) is 1.92. The number of benzene rings is 1. The molecule has 56 valence electrons. The van der Waals surface area contributed by atoms with Crippen LogP contribution in [0.25, 0.3) is 0 Å². The van der Waals surface area contributed by atoms with Crippen LogP contribution in [0.4, 0.5) is 5.69 Å². The molecule has 0 unspecified atom stereocenters. The normalized spacial score (nSPS) is 8.91. The lowest BCUT2D eigenvalue weighted by Gasteiger charge is -1.97. The van der Waals surface area contributed by atoms with E-state index < -0.39 is 0 Å². The zero-order chi connectivity index (χ0) is 8.27. The molecule has 0 aliphatic heterocycles. The Balaban J connectivity index is 3.22. The first-order valence-electron chi connectivity index (χ1n) is 3.08. The van der Waals surface area contributed by atoms with E-state index in [4.69, 9.17) is 0 Å². The lowest BCUT2D eigenvalue weighted by atomic mass is 10.2. The fourth-order valence-electron chi connectivity index (χ4n) is 0.752. The van der Waals surface area contributed by atoms with Gasteiger partial charge < -0.3 is 0 Å². The zero-order valence-corrected chi connectivity index (χ0v) is 8.37. The number of rotatable bonds is 1. The number of aryl methyl sites for hydroxylation is 1. The summed E-state index contributed by atoms with van der Waals surface area (Å²) in [4.78, 5) is 3.90.